The van der Waals surface area contributed by atoms with Gasteiger partial charge >= 0.3 is 0 Å². The summed E-state index contributed by atoms with van der Waals surface area (Å²) in [5.74, 6) is 0.896. The first-order valence-corrected chi connectivity index (χ1v) is 9.12. The minimum atomic E-state index is -0.0734. The van der Waals surface area contributed by atoms with Crippen molar-refractivity contribution in [1.29, 1.82) is 0 Å². The molecule has 6 nitrogen and oxygen atoms in total. The van der Waals surface area contributed by atoms with Crippen molar-refractivity contribution in [2.24, 2.45) is 0 Å². The highest BCUT2D eigenvalue weighted by Gasteiger charge is 2.15. The van der Waals surface area contributed by atoms with Gasteiger partial charge in [-0.15, -0.1) is 16.8 Å². The summed E-state index contributed by atoms with van der Waals surface area (Å²) in [6.45, 7) is 6.70. The van der Waals surface area contributed by atoms with Crippen LogP contribution in [0.25, 0.3) is 11.4 Å². The van der Waals surface area contributed by atoms with Crippen LogP contribution in [0.3, 0.4) is 0 Å². The lowest BCUT2D eigenvalue weighted by Crippen LogP contribution is -2.36. The number of allylic oxidation sites excluding steroid dienone is 1. The van der Waals surface area contributed by atoms with Gasteiger partial charge in [0.2, 0.25) is 5.91 Å². The first-order chi connectivity index (χ1) is 12.0. The SMILES string of the molecule is C=CCn1c(SCC(=O)N[C@H](C)COC)nnc1-c1ccc(Cl)cc1. The predicted molar refractivity (Wildman–Crippen MR) is 101 cm³/mol. The van der Waals surface area contributed by atoms with E-state index in [0.717, 1.165) is 5.56 Å². The van der Waals surface area contributed by atoms with Gasteiger partial charge in [-0.1, -0.05) is 29.4 Å². The van der Waals surface area contributed by atoms with E-state index in [0.29, 0.717) is 29.2 Å². The maximum Gasteiger partial charge on any atom is 0.230 e. The fraction of sp³-hybridized carbons (Fsp3) is 0.353. The Labute approximate surface area is 156 Å². The van der Waals surface area contributed by atoms with Crippen LogP contribution < -0.4 is 5.32 Å². The van der Waals surface area contributed by atoms with E-state index >= 15 is 0 Å². The molecule has 1 amide bonds. The number of ether oxygens (including phenoxy) is 1. The molecule has 2 rings (SSSR count). The first kappa shape index (κ1) is 19.5. The zero-order chi connectivity index (χ0) is 18.2. The van der Waals surface area contributed by atoms with E-state index in [2.05, 4.69) is 22.1 Å². The number of nitrogens with one attached hydrogen (secondary N) is 1. The molecule has 0 unspecified atom stereocenters. The first-order valence-electron chi connectivity index (χ1n) is 7.76. The lowest BCUT2D eigenvalue weighted by atomic mass is 10.2. The summed E-state index contributed by atoms with van der Waals surface area (Å²) in [4.78, 5) is 12.0. The maximum absolute atomic E-state index is 12.0. The minimum Gasteiger partial charge on any atom is -0.383 e. The van der Waals surface area contributed by atoms with Crippen molar-refractivity contribution in [3.63, 3.8) is 0 Å². The minimum absolute atomic E-state index is 0.0335. The third-order valence-corrected chi connectivity index (χ3v) is 4.51. The molecule has 0 bridgehead atoms. The largest absolute Gasteiger partial charge is 0.383 e. The molecule has 1 heterocycles. The normalized spacial score (nSPS) is 12.0. The molecule has 0 aliphatic rings. The van der Waals surface area contributed by atoms with Crippen LogP contribution in [-0.4, -0.2) is 46.2 Å². The standard InChI is InChI=1S/C17H21ClN4O2S/c1-4-9-22-16(13-5-7-14(18)8-6-13)20-21-17(22)25-11-15(23)19-12(2)10-24-3/h4-8,12H,1,9-11H2,2-3H3,(H,19,23)/t12-/m1/s1. The molecule has 1 N–H and O–H groups in total. The molecular formula is C17H21ClN4O2S. The molecule has 1 aromatic carbocycles. The Morgan fingerprint density at radius 3 is 2.80 bits per heavy atom. The Morgan fingerprint density at radius 1 is 1.44 bits per heavy atom. The van der Waals surface area contributed by atoms with Crippen LogP contribution in [-0.2, 0) is 16.1 Å². The second-order valence-corrected chi connectivity index (χ2v) is 6.80. The van der Waals surface area contributed by atoms with Gasteiger partial charge in [0.1, 0.15) is 0 Å². The number of methoxy groups -OCH3 is 1. The fourth-order valence-electron chi connectivity index (χ4n) is 2.24. The Bertz CT molecular complexity index is 718. The van der Waals surface area contributed by atoms with Crippen LogP contribution in [0, 0.1) is 0 Å². The van der Waals surface area contributed by atoms with Crippen molar-refractivity contribution in [3.05, 3.63) is 41.9 Å². The third-order valence-electron chi connectivity index (χ3n) is 3.29. The molecule has 25 heavy (non-hydrogen) atoms. The predicted octanol–water partition coefficient (Wildman–Crippen LogP) is 3.03. The van der Waals surface area contributed by atoms with Gasteiger partial charge in [-0.25, -0.2) is 0 Å². The molecule has 134 valence electrons. The van der Waals surface area contributed by atoms with Crippen molar-refractivity contribution in [2.45, 2.75) is 24.7 Å². The van der Waals surface area contributed by atoms with Crippen LogP contribution >= 0.6 is 23.4 Å². The molecule has 0 saturated carbocycles. The summed E-state index contributed by atoms with van der Waals surface area (Å²) < 4.78 is 6.93. The molecular weight excluding hydrogens is 360 g/mol. The number of nitrogens with zero attached hydrogens (tertiary/aromatic N) is 3. The van der Waals surface area contributed by atoms with Gasteiger partial charge in [-0.05, 0) is 31.2 Å². The van der Waals surface area contributed by atoms with E-state index < -0.39 is 0 Å². The van der Waals surface area contributed by atoms with Crippen molar-refractivity contribution < 1.29 is 9.53 Å². The number of aromatic nitrogens is 3. The molecule has 0 radical (unpaired) electrons. The number of carbonyl (C=O) groups excluding carboxylic acids is 1. The van der Waals surface area contributed by atoms with Gasteiger partial charge in [0, 0.05) is 30.3 Å². The van der Waals surface area contributed by atoms with Gasteiger partial charge in [0.15, 0.2) is 11.0 Å². The molecule has 0 aliphatic heterocycles. The van der Waals surface area contributed by atoms with Gasteiger partial charge in [-0.2, -0.15) is 0 Å². The number of rotatable bonds is 9. The van der Waals surface area contributed by atoms with Crippen LogP contribution in [0.1, 0.15) is 6.92 Å². The van der Waals surface area contributed by atoms with E-state index in [1.807, 2.05) is 23.6 Å². The summed E-state index contributed by atoms with van der Waals surface area (Å²) in [6, 6.07) is 7.36. The van der Waals surface area contributed by atoms with Crippen molar-refractivity contribution in [1.82, 2.24) is 20.1 Å². The van der Waals surface area contributed by atoms with E-state index in [4.69, 9.17) is 16.3 Å². The molecule has 2 aromatic rings. The summed E-state index contributed by atoms with van der Waals surface area (Å²) in [7, 11) is 1.60. The second kappa shape index (κ2) is 9.60. The van der Waals surface area contributed by atoms with Crippen LogP contribution in [0.15, 0.2) is 42.1 Å². The number of thioether (sulfide) groups is 1. The number of carbonyl (C=O) groups is 1. The average Bonchev–Trinajstić information content (AvgIpc) is 2.97. The summed E-state index contributed by atoms with van der Waals surface area (Å²) >= 11 is 7.27. The highest BCUT2D eigenvalue weighted by atomic mass is 35.5. The van der Waals surface area contributed by atoms with Crippen LogP contribution in [0.4, 0.5) is 0 Å². The smallest absolute Gasteiger partial charge is 0.230 e. The van der Waals surface area contributed by atoms with Gasteiger partial charge in [-0.3, -0.25) is 9.36 Å². The van der Waals surface area contributed by atoms with Crippen LogP contribution in [0.2, 0.25) is 5.02 Å². The average molecular weight is 381 g/mol. The molecule has 1 atom stereocenters. The third kappa shape index (κ3) is 5.59. The number of halogens is 1. The topological polar surface area (TPSA) is 69.0 Å². The lowest BCUT2D eigenvalue weighted by molar-refractivity contribution is -0.119. The fourth-order valence-corrected chi connectivity index (χ4v) is 3.12. The number of hydrogen-bond donors (Lipinski definition) is 1. The molecule has 0 spiro atoms. The Kier molecular flexibility index (Phi) is 7.49. The number of hydrogen-bond acceptors (Lipinski definition) is 5. The zero-order valence-corrected chi connectivity index (χ0v) is 15.8. The van der Waals surface area contributed by atoms with E-state index in [-0.39, 0.29) is 17.7 Å². The summed E-state index contributed by atoms with van der Waals surface area (Å²) in [5, 5.41) is 12.7. The van der Waals surface area contributed by atoms with Gasteiger partial charge in [0.05, 0.1) is 12.4 Å². The van der Waals surface area contributed by atoms with Crippen molar-refractivity contribution in [3.8, 4) is 11.4 Å². The zero-order valence-electron chi connectivity index (χ0n) is 14.2. The Balaban J connectivity index is 2.09. The summed E-state index contributed by atoms with van der Waals surface area (Å²) in [5.41, 5.74) is 0.906. The maximum atomic E-state index is 12.0. The van der Waals surface area contributed by atoms with Crippen LogP contribution in [0.5, 0.6) is 0 Å². The Morgan fingerprint density at radius 2 is 2.16 bits per heavy atom. The van der Waals surface area contributed by atoms with Crippen molar-refractivity contribution in [2.75, 3.05) is 19.5 Å². The van der Waals surface area contributed by atoms with E-state index in [1.165, 1.54) is 11.8 Å². The van der Waals surface area contributed by atoms with E-state index in [1.54, 1.807) is 25.3 Å². The molecule has 1 aromatic heterocycles. The van der Waals surface area contributed by atoms with Gasteiger partial charge in [0.25, 0.3) is 0 Å². The second-order valence-electron chi connectivity index (χ2n) is 5.42. The van der Waals surface area contributed by atoms with E-state index in [9.17, 15) is 4.79 Å². The lowest BCUT2D eigenvalue weighted by Gasteiger charge is -2.12. The number of benzene rings is 1. The molecule has 0 fully saturated rings. The Hall–Kier alpha value is -1.83. The van der Waals surface area contributed by atoms with Crippen molar-refractivity contribution >= 4 is 29.3 Å². The molecule has 8 heteroatoms. The molecule has 0 aliphatic carbocycles. The van der Waals surface area contributed by atoms with Gasteiger partial charge < -0.3 is 10.1 Å². The monoisotopic (exact) mass is 380 g/mol. The molecule has 0 saturated heterocycles. The highest BCUT2D eigenvalue weighted by Crippen LogP contribution is 2.25. The quantitative estimate of drug-likeness (QED) is 0.535. The number of amides is 1. The summed E-state index contributed by atoms with van der Waals surface area (Å²) in [6.07, 6.45) is 1.77. The highest BCUT2D eigenvalue weighted by molar-refractivity contribution is 7.99.